The van der Waals surface area contributed by atoms with E-state index in [1.54, 1.807) is 0 Å². The van der Waals surface area contributed by atoms with Crippen LogP contribution < -0.4 is 4.90 Å². The maximum Gasteiger partial charge on any atom is 0.206 e. The monoisotopic (exact) mass is 321 g/mol. The summed E-state index contributed by atoms with van der Waals surface area (Å²) in [6.45, 7) is 10.6. The Balaban J connectivity index is 1.87. The lowest BCUT2D eigenvalue weighted by Gasteiger charge is -2.33. The zero-order chi connectivity index (χ0) is 15.7. The van der Waals surface area contributed by atoms with Gasteiger partial charge in [-0.3, -0.25) is 0 Å². The zero-order valence-electron chi connectivity index (χ0n) is 13.6. The molecule has 1 unspecified atom stereocenters. The fourth-order valence-electron chi connectivity index (χ4n) is 2.47. The standard InChI is InChI=1S/C16H23N3O2S/c1-5-11-6-7-13(21-11)12-10-20-9-8-19(12)15-17-14(18-22-15)16(2,3)4/h6-7,12H,5,8-10H2,1-4H3. The van der Waals surface area contributed by atoms with E-state index in [2.05, 4.69) is 43.0 Å². The fourth-order valence-corrected chi connectivity index (χ4v) is 3.40. The smallest absolute Gasteiger partial charge is 0.206 e. The zero-order valence-corrected chi connectivity index (χ0v) is 14.4. The van der Waals surface area contributed by atoms with Gasteiger partial charge in [0.1, 0.15) is 23.4 Å². The number of aryl methyl sites for hydroxylation is 1. The van der Waals surface area contributed by atoms with Crippen molar-refractivity contribution in [3.8, 4) is 0 Å². The van der Waals surface area contributed by atoms with Crippen molar-refractivity contribution in [2.24, 2.45) is 0 Å². The molecule has 0 aliphatic carbocycles. The van der Waals surface area contributed by atoms with Crippen molar-refractivity contribution in [3.63, 3.8) is 0 Å². The summed E-state index contributed by atoms with van der Waals surface area (Å²) in [5.74, 6) is 2.85. The Morgan fingerprint density at radius 3 is 2.82 bits per heavy atom. The molecule has 6 heteroatoms. The molecule has 1 aliphatic rings. The molecule has 5 nitrogen and oxygen atoms in total. The van der Waals surface area contributed by atoms with Gasteiger partial charge in [-0.1, -0.05) is 27.7 Å². The second kappa shape index (κ2) is 6.01. The minimum atomic E-state index is -0.0312. The van der Waals surface area contributed by atoms with Crippen LogP contribution in [0.1, 0.15) is 51.1 Å². The molecule has 3 heterocycles. The molecule has 1 saturated heterocycles. The van der Waals surface area contributed by atoms with Crippen LogP contribution in [0.15, 0.2) is 16.5 Å². The Morgan fingerprint density at radius 1 is 1.36 bits per heavy atom. The van der Waals surface area contributed by atoms with E-state index in [1.165, 1.54) is 11.5 Å². The minimum absolute atomic E-state index is 0.0312. The fraction of sp³-hybridized carbons (Fsp3) is 0.625. The number of aromatic nitrogens is 2. The molecule has 0 bridgehead atoms. The van der Waals surface area contributed by atoms with Gasteiger partial charge in [0.2, 0.25) is 5.13 Å². The van der Waals surface area contributed by atoms with E-state index >= 15 is 0 Å². The molecule has 0 radical (unpaired) electrons. The molecule has 0 aromatic carbocycles. The van der Waals surface area contributed by atoms with Gasteiger partial charge in [-0.25, -0.2) is 4.98 Å². The highest BCUT2D eigenvalue weighted by Gasteiger charge is 2.31. The third-order valence-corrected chi connectivity index (χ3v) is 4.57. The lowest BCUT2D eigenvalue weighted by Crippen LogP contribution is -2.39. The van der Waals surface area contributed by atoms with Crippen LogP contribution in [0.25, 0.3) is 0 Å². The molecular formula is C16H23N3O2S. The summed E-state index contributed by atoms with van der Waals surface area (Å²) in [5.41, 5.74) is -0.0312. The van der Waals surface area contributed by atoms with Gasteiger partial charge in [0, 0.05) is 29.9 Å². The Morgan fingerprint density at radius 2 is 2.18 bits per heavy atom. The second-order valence-electron chi connectivity index (χ2n) is 6.59. The summed E-state index contributed by atoms with van der Waals surface area (Å²) < 4.78 is 16.1. The molecule has 0 spiro atoms. The minimum Gasteiger partial charge on any atom is -0.464 e. The van der Waals surface area contributed by atoms with E-state index in [0.29, 0.717) is 13.2 Å². The van der Waals surface area contributed by atoms with Crippen LogP contribution in [0, 0.1) is 0 Å². The Hall–Kier alpha value is -1.40. The summed E-state index contributed by atoms with van der Waals surface area (Å²) in [4.78, 5) is 7.00. The van der Waals surface area contributed by atoms with Crippen molar-refractivity contribution < 1.29 is 9.15 Å². The number of nitrogens with zero attached hydrogens (tertiary/aromatic N) is 3. The van der Waals surface area contributed by atoms with Crippen molar-refractivity contribution in [1.29, 1.82) is 0 Å². The van der Waals surface area contributed by atoms with Gasteiger partial charge in [-0.2, -0.15) is 4.37 Å². The van der Waals surface area contributed by atoms with Gasteiger partial charge in [-0.05, 0) is 12.1 Å². The van der Waals surface area contributed by atoms with Crippen LogP contribution in [-0.2, 0) is 16.6 Å². The van der Waals surface area contributed by atoms with E-state index in [1.807, 2.05) is 6.07 Å². The third-order valence-electron chi connectivity index (χ3n) is 3.82. The summed E-state index contributed by atoms with van der Waals surface area (Å²) in [5, 5.41) is 0.952. The van der Waals surface area contributed by atoms with Crippen molar-refractivity contribution >= 4 is 16.7 Å². The highest BCUT2D eigenvalue weighted by Crippen LogP contribution is 2.33. The van der Waals surface area contributed by atoms with Crippen LogP contribution in [-0.4, -0.2) is 29.1 Å². The molecule has 1 atom stereocenters. The largest absolute Gasteiger partial charge is 0.464 e. The molecule has 120 valence electrons. The topological polar surface area (TPSA) is 51.4 Å². The summed E-state index contributed by atoms with van der Waals surface area (Å²) >= 11 is 1.46. The maximum atomic E-state index is 5.93. The highest BCUT2D eigenvalue weighted by molar-refractivity contribution is 7.09. The van der Waals surface area contributed by atoms with Gasteiger partial charge >= 0.3 is 0 Å². The first kappa shape index (κ1) is 15.5. The average molecular weight is 321 g/mol. The van der Waals surface area contributed by atoms with Gasteiger partial charge < -0.3 is 14.1 Å². The number of morpholine rings is 1. The molecule has 2 aromatic rings. The molecule has 22 heavy (non-hydrogen) atoms. The molecule has 0 amide bonds. The van der Waals surface area contributed by atoms with Crippen LogP contribution in [0.4, 0.5) is 5.13 Å². The number of ether oxygens (including phenoxy) is 1. The lowest BCUT2D eigenvalue weighted by molar-refractivity contribution is 0.0873. The molecule has 3 rings (SSSR count). The first-order valence-electron chi connectivity index (χ1n) is 7.76. The van der Waals surface area contributed by atoms with E-state index < -0.39 is 0 Å². The quantitative estimate of drug-likeness (QED) is 0.865. The van der Waals surface area contributed by atoms with E-state index in [9.17, 15) is 0 Å². The van der Waals surface area contributed by atoms with Crippen molar-refractivity contribution in [1.82, 2.24) is 9.36 Å². The lowest BCUT2D eigenvalue weighted by atomic mass is 9.96. The molecule has 1 aliphatic heterocycles. The van der Waals surface area contributed by atoms with Crippen molar-refractivity contribution in [2.75, 3.05) is 24.7 Å². The van der Waals surface area contributed by atoms with Gasteiger partial charge in [0.15, 0.2) is 0 Å². The normalized spacial score (nSPS) is 19.6. The highest BCUT2D eigenvalue weighted by atomic mass is 32.1. The van der Waals surface area contributed by atoms with E-state index in [-0.39, 0.29) is 11.5 Å². The third kappa shape index (κ3) is 3.03. The predicted molar refractivity (Wildman–Crippen MR) is 87.6 cm³/mol. The Kier molecular flexibility index (Phi) is 4.23. The number of rotatable bonds is 3. The van der Waals surface area contributed by atoms with Crippen LogP contribution in [0.2, 0.25) is 0 Å². The van der Waals surface area contributed by atoms with Crippen molar-refractivity contribution in [3.05, 3.63) is 29.5 Å². The van der Waals surface area contributed by atoms with E-state index in [0.717, 1.165) is 35.4 Å². The Labute approximate surface area is 135 Å². The number of furan rings is 1. The first-order chi connectivity index (χ1) is 10.5. The summed E-state index contributed by atoms with van der Waals surface area (Å²) in [6.07, 6.45) is 0.903. The molecule has 1 fully saturated rings. The maximum absolute atomic E-state index is 5.93. The summed E-state index contributed by atoms with van der Waals surface area (Å²) in [7, 11) is 0. The number of hydrogen-bond acceptors (Lipinski definition) is 6. The van der Waals surface area contributed by atoms with Gasteiger partial charge in [0.25, 0.3) is 0 Å². The average Bonchev–Trinajstić information content (AvgIpc) is 3.16. The van der Waals surface area contributed by atoms with Crippen LogP contribution >= 0.6 is 11.5 Å². The van der Waals surface area contributed by atoms with Crippen LogP contribution in [0.3, 0.4) is 0 Å². The SMILES string of the molecule is CCc1ccc(C2COCCN2c2nc(C(C)(C)C)ns2)o1. The van der Waals surface area contributed by atoms with Crippen molar-refractivity contribution in [2.45, 2.75) is 45.6 Å². The van der Waals surface area contributed by atoms with E-state index in [4.69, 9.17) is 14.1 Å². The Bertz CT molecular complexity index is 629. The van der Waals surface area contributed by atoms with Gasteiger partial charge in [-0.15, -0.1) is 0 Å². The molecule has 2 aromatic heterocycles. The van der Waals surface area contributed by atoms with Crippen LogP contribution in [0.5, 0.6) is 0 Å². The molecule has 0 N–H and O–H groups in total. The predicted octanol–water partition coefficient (Wildman–Crippen LogP) is 3.57. The second-order valence-corrected chi connectivity index (χ2v) is 7.32. The molecule has 0 saturated carbocycles. The first-order valence-corrected chi connectivity index (χ1v) is 8.53. The molecular weight excluding hydrogens is 298 g/mol. The van der Waals surface area contributed by atoms with Gasteiger partial charge in [0.05, 0.1) is 13.2 Å². The number of hydrogen-bond donors (Lipinski definition) is 0. The number of anilines is 1. The summed E-state index contributed by atoms with van der Waals surface area (Å²) in [6, 6.07) is 4.18.